The molecule has 0 aliphatic carbocycles. The van der Waals surface area contributed by atoms with Crippen LogP contribution in [0.2, 0.25) is 0 Å². The third-order valence-corrected chi connectivity index (χ3v) is 5.59. The third kappa shape index (κ3) is 3.96. The summed E-state index contributed by atoms with van der Waals surface area (Å²) in [7, 11) is 1.67. The van der Waals surface area contributed by atoms with Crippen molar-refractivity contribution < 1.29 is 9.53 Å². The van der Waals surface area contributed by atoms with Gasteiger partial charge in [-0.05, 0) is 61.6 Å². The summed E-state index contributed by atoms with van der Waals surface area (Å²) in [5, 5.41) is 0. The van der Waals surface area contributed by atoms with Crippen molar-refractivity contribution in [3.63, 3.8) is 0 Å². The van der Waals surface area contributed by atoms with Crippen molar-refractivity contribution in [2.45, 2.75) is 39.3 Å². The number of hydrogen-bond acceptors (Lipinski definition) is 5. The van der Waals surface area contributed by atoms with Crippen LogP contribution < -0.4 is 0 Å². The number of aromatic nitrogens is 3. The van der Waals surface area contributed by atoms with Gasteiger partial charge in [0.1, 0.15) is 5.82 Å². The number of nitrogens with zero attached hydrogens (tertiary/aromatic N) is 4. The summed E-state index contributed by atoms with van der Waals surface area (Å²) >= 11 is 0. The number of ether oxygens (including phenoxy) is 1. The molecule has 1 fully saturated rings. The quantitative estimate of drug-likeness (QED) is 0.637. The molecule has 0 N–H and O–H groups in total. The van der Waals surface area contributed by atoms with E-state index >= 15 is 0 Å². The van der Waals surface area contributed by atoms with Crippen LogP contribution in [0.15, 0.2) is 48.9 Å². The molecule has 0 saturated carbocycles. The van der Waals surface area contributed by atoms with E-state index in [1.54, 1.807) is 13.3 Å². The smallest absolute Gasteiger partial charge is 0.254 e. The standard InChI is InChI=1S/C24H26N4O2/c1-16-13-25-11-10-20(16)21-14-26-17(2)27-23(21)22-5-4-12-28(22)24(29)19-8-6-18(7-9-19)15-30-3/h6-11,13-14,22H,4-5,12,15H2,1-3H3. The molecule has 0 radical (unpaired) electrons. The minimum Gasteiger partial charge on any atom is -0.380 e. The minimum atomic E-state index is -0.0691. The normalized spacial score (nSPS) is 16.1. The van der Waals surface area contributed by atoms with Crippen molar-refractivity contribution in [2.24, 2.45) is 0 Å². The van der Waals surface area contributed by atoms with Gasteiger partial charge in [-0.3, -0.25) is 9.78 Å². The lowest BCUT2D eigenvalue weighted by Crippen LogP contribution is -2.31. The molecule has 154 valence electrons. The van der Waals surface area contributed by atoms with Crippen LogP contribution in [0.25, 0.3) is 11.1 Å². The Bertz CT molecular complexity index is 1050. The molecule has 0 spiro atoms. The predicted octanol–water partition coefficient (Wildman–Crippen LogP) is 4.28. The molecule has 2 aromatic heterocycles. The number of carbonyl (C=O) groups is 1. The van der Waals surface area contributed by atoms with E-state index in [4.69, 9.17) is 9.72 Å². The first-order chi connectivity index (χ1) is 14.6. The number of methoxy groups -OCH3 is 1. The average molecular weight is 402 g/mol. The van der Waals surface area contributed by atoms with Gasteiger partial charge in [-0.1, -0.05) is 12.1 Å². The highest BCUT2D eigenvalue weighted by Crippen LogP contribution is 2.38. The molecule has 1 amide bonds. The second-order valence-corrected chi connectivity index (χ2v) is 7.69. The highest BCUT2D eigenvalue weighted by atomic mass is 16.5. The van der Waals surface area contributed by atoms with Gasteiger partial charge in [-0.2, -0.15) is 0 Å². The van der Waals surface area contributed by atoms with Crippen LogP contribution in [0.4, 0.5) is 0 Å². The van der Waals surface area contributed by atoms with Crippen LogP contribution in [0.3, 0.4) is 0 Å². The fraction of sp³-hybridized carbons (Fsp3) is 0.333. The molecule has 1 saturated heterocycles. The molecule has 30 heavy (non-hydrogen) atoms. The zero-order valence-corrected chi connectivity index (χ0v) is 17.6. The summed E-state index contributed by atoms with van der Waals surface area (Å²) in [6, 6.07) is 9.57. The van der Waals surface area contributed by atoms with Gasteiger partial charge in [0.25, 0.3) is 5.91 Å². The van der Waals surface area contributed by atoms with E-state index in [0.29, 0.717) is 18.0 Å². The molecular weight excluding hydrogens is 376 g/mol. The summed E-state index contributed by atoms with van der Waals surface area (Å²) in [6.07, 6.45) is 7.35. The molecule has 6 nitrogen and oxygen atoms in total. The van der Waals surface area contributed by atoms with Crippen LogP contribution in [0.5, 0.6) is 0 Å². The van der Waals surface area contributed by atoms with E-state index in [-0.39, 0.29) is 11.9 Å². The number of pyridine rings is 1. The van der Waals surface area contributed by atoms with Crippen molar-refractivity contribution in [1.29, 1.82) is 0 Å². The van der Waals surface area contributed by atoms with Crippen molar-refractivity contribution in [2.75, 3.05) is 13.7 Å². The Hall–Kier alpha value is -3.12. The lowest BCUT2D eigenvalue weighted by molar-refractivity contribution is 0.0733. The first kappa shape index (κ1) is 20.2. The average Bonchev–Trinajstić information content (AvgIpc) is 3.24. The number of rotatable bonds is 5. The summed E-state index contributed by atoms with van der Waals surface area (Å²) in [5.41, 5.74) is 5.75. The van der Waals surface area contributed by atoms with Gasteiger partial charge < -0.3 is 9.64 Å². The third-order valence-electron chi connectivity index (χ3n) is 5.59. The van der Waals surface area contributed by atoms with Gasteiger partial charge in [0.15, 0.2) is 0 Å². The van der Waals surface area contributed by atoms with Crippen molar-refractivity contribution in [1.82, 2.24) is 19.9 Å². The van der Waals surface area contributed by atoms with Gasteiger partial charge in [0.05, 0.1) is 18.3 Å². The first-order valence-corrected chi connectivity index (χ1v) is 10.2. The Labute approximate surface area is 177 Å². The molecule has 1 aromatic carbocycles. The molecule has 3 heterocycles. The highest BCUT2D eigenvalue weighted by molar-refractivity contribution is 5.94. The van der Waals surface area contributed by atoms with Gasteiger partial charge >= 0.3 is 0 Å². The van der Waals surface area contributed by atoms with E-state index in [1.807, 2.05) is 61.5 Å². The maximum Gasteiger partial charge on any atom is 0.254 e. The molecule has 3 aromatic rings. The van der Waals surface area contributed by atoms with Crippen LogP contribution >= 0.6 is 0 Å². The van der Waals surface area contributed by atoms with Gasteiger partial charge in [0, 0.05) is 43.4 Å². The van der Waals surface area contributed by atoms with E-state index in [1.165, 1.54) is 0 Å². The van der Waals surface area contributed by atoms with Crippen LogP contribution in [-0.2, 0) is 11.3 Å². The molecular formula is C24H26N4O2. The predicted molar refractivity (Wildman–Crippen MR) is 115 cm³/mol. The number of aryl methyl sites for hydroxylation is 2. The molecule has 1 unspecified atom stereocenters. The fourth-order valence-electron chi connectivity index (χ4n) is 4.09. The van der Waals surface area contributed by atoms with Crippen molar-refractivity contribution in [3.8, 4) is 11.1 Å². The Morgan fingerprint density at radius 2 is 1.93 bits per heavy atom. The number of benzene rings is 1. The topological polar surface area (TPSA) is 68.2 Å². The number of amides is 1. The van der Waals surface area contributed by atoms with Gasteiger partial charge in [0.2, 0.25) is 0 Å². The molecule has 4 rings (SSSR count). The zero-order valence-electron chi connectivity index (χ0n) is 17.6. The first-order valence-electron chi connectivity index (χ1n) is 10.2. The van der Waals surface area contributed by atoms with Gasteiger partial charge in [-0.25, -0.2) is 9.97 Å². The SMILES string of the molecule is COCc1ccc(C(=O)N2CCCC2c2nc(C)ncc2-c2ccncc2C)cc1. The molecule has 1 atom stereocenters. The van der Waals surface area contributed by atoms with E-state index in [2.05, 4.69) is 9.97 Å². The molecule has 6 heteroatoms. The summed E-state index contributed by atoms with van der Waals surface area (Å²) < 4.78 is 5.16. The molecule has 1 aliphatic rings. The highest BCUT2D eigenvalue weighted by Gasteiger charge is 2.33. The number of hydrogen-bond donors (Lipinski definition) is 0. The van der Waals surface area contributed by atoms with Crippen molar-refractivity contribution in [3.05, 3.63) is 77.1 Å². The van der Waals surface area contributed by atoms with Crippen LogP contribution in [-0.4, -0.2) is 39.4 Å². The largest absolute Gasteiger partial charge is 0.380 e. The van der Waals surface area contributed by atoms with E-state index in [9.17, 15) is 4.79 Å². The van der Waals surface area contributed by atoms with Crippen molar-refractivity contribution >= 4 is 5.91 Å². The Morgan fingerprint density at radius 1 is 1.13 bits per heavy atom. The maximum atomic E-state index is 13.3. The number of carbonyl (C=O) groups excluding carboxylic acids is 1. The Kier molecular flexibility index (Phi) is 5.86. The van der Waals surface area contributed by atoms with Crippen LogP contribution in [0.1, 0.15) is 51.9 Å². The lowest BCUT2D eigenvalue weighted by atomic mass is 9.97. The second-order valence-electron chi connectivity index (χ2n) is 7.69. The fourth-order valence-corrected chi connectivity index (χ4v) is 4.09. The second kappa shape index (κ2) is 8.71. The Morgan fingerprint density at radius 3 is 2.67 bits per heavy atom. The number of likely N-dealkylation sites (tertiary alicyclic amines) is 1. The summed E-state index contributed by atoms with van der Waals surface area (Å²) in [5.74, 6) is 0.749. The molecule has 0 bridgehead atoms. The minimum absolute atomic E-state index is 0.0372. The maximum absolute atomic E-state index is 13.3. The zero-order chi connectivity index (χ0) is 21.1. The Balaban J connectivity index is 1.69. The monoisotopic (exact) mass is 402 g/mol. The molecule has 1 aliphatic heterocycles. The van der Waals surface area contributed by atoms with E-state index in [0.717, 1.165) is 47.3 Å². The van der Waals surface area contributed by atoms with Crippen LogP contribution in [0, 0.1) is 13.8 Å². The van der Waals surface area contributed by atoms with E-state index < -0.39 is 0 Å². The lowest BCUT2D eigenvalue weighted by Gasteiger charge is -2.26. The summed E-state index contributed by atoms with van der Waals surface area (Å²) in [6.45, 7) is 5.18. The summed E-state index contributed by atoms with van der Waals surface area (Å²) in [4.78, 5) is 28.7. The van der Waals surface area contributed by atoms with Gasteiger partial charge in [-0.15, -0.1) is 0 Å².